The van der Waals surface area contributed by atoms with Crippen LogP contribution in [0.15, 0.2) is 0 Å². The molecule has 1 saturated heterocycles. The molecule has 0 aromatic heterocycles. The van der Waals surface area contributed by atoms with Crippen LogP contribution in [-0.2, 0) is 4.74 Å². The summed E-state index contributed by atoms with van der Waals surface area (Å²) in [4.78, 5) is 11.5. The smallest absolute Gasteiger partial charge is 0.408 e. The van der Waals surface area contributed by atoms with E-state index in [0.29, 0.717) is 0 Å². The molecule has 0 spiro atoms. The van der Waals surface area contributed by atoms with Crippen LogP contribution in [0.2, 0.25) is 0 Å². The molecule has 1 heterocycles. The van der Waals surface area contributed by atoms with E-state index in [1.54, 1.807) is 0 Å². The van der Waals surface area contributed by atoms with E-state index in [1.807, 2.05) is 20.8 Å². The molecule has 1 atom stereocenters. The number of alkyl carbamates (subject to hydrolysis) is 1. The predicted octanol–water partition coefficient (Wildman–Crippen LogP) is 2.00. The number of carbonyl (C=O) groups excluding carboxylic acids is 1. The topological polar surface area (TPSA) is 50.4 Å². The Hall–Kier alpha value is -0.770. The van der Waals surface area contributed by atoms with Crippen molar-refractivity contribution in [2.45, 2.75) is 58.2 Å². The van der Waals surface area contributed by atoms with Gasteiger partial charge < -0.3 is 10.1 Å². The molecule has 1 fully saturated rings. The minimum Gasteiger partial charge on any atom is -0.444 e. The molecule has 15 heavy (non-hydrogen) atoms. The Kier molecular flexibility index (Phi) is 4.39. The van der Waals surface area contributed by atoms with Gasteiger partial charge in [-0.25, -0.2) is 4.79 Å². The summed E-state index contributed by atoms with van der Waals surface area (Å²) in [5, 5.41) is 6.13. The summed E-state index contributed by atoms with van der Waals surface area (Å²) in [5.74, 6) is 0. The molecular formula is C11H22N2O2. The number of hydrogen-bond acceptors (Lipinski definition) is 3. The van der Waals surface area contributed by atoms with E-state index in [2.05, 4.69) is 10.6 Å². The normalized spacial score (nSPS) is 23.0. The molecule has 1 aliphatic rings. The van der Waals surface area contributed by atoms with Gasteiger partial charge in [0.1, 0.15) is 5.60 Å². The Balaban J connectivity index is 2.30. The first-order valence-electron chi connectivity index (χ1n) is 5.70. The number of hydrogen-bond donors (Lipinski definition) is 2. The highest BCUT2D eigenvalue weighted by molar-refractivity contribution is 5.68. The van der Waals surface area contributed by atoms with Crippen molar-refractivity contribution in [2.24, 2.45) is 0 Å². The standard InChI is InChI=1S/C11H22N2O2/c1-11(2,3)15-10(14)13-9-7-5-4-6-8-12-9/h9,12H,4-8H2,1-3H3,(H,13,14). The molecule has 0 radical (unpaired) electrons. The highest BCUT2D eigenvalue weighted by atomic mass is 16.6. The lowest BCUT2D eigenvalue weighted by atomic mass is 10.2. The van der Waals surface area contributed by atoms with Crippen molar-refractivity contribution in [1.82, 2.24) is 10.6 Å². The van der Waals surface area contributed by atoms with Crippen molar-refractivity contribution in [3.63, 3.8) is 0 Å². The van der Waals surface area contributed by atoms with Gasteiger partial charge in [0.2, 0.25) is 0 Å². The van der Waals surface area contributed by atoms with Crippen molar-refractivity contribution in [1.29, 1.82) is 0 Å². The Morgan fingerprint density at radius 3 is 2.73 bits per heavy atom. The summed E-state index contributed by atoms with van der Waals surface area (Å²) in [6.07, 6.45) is 4.31. The van der Waals surface area contributed by atoms with Crippen molar-refractivity contribution < 1.29 is 9.53 Å². The lowest BCUT2D eigenvalue weighted by Crippen LogP contribution is -2.46. The van der Waals surface area contributed by atoms with Crippen molar-refractivity contribution >= 4 is 6.09 Å². The molecular weight excluding hydrogens is 192 g/mol. The molecule has 0 bridgehead atoms. The quantitative estimate of drug-likeness (QED) is 0.702. The molecule has 88 valence electrons. The van der Waals surface area contributed by atoms with Crippen LogP contribution in [0.1, 0.15) is 46.5 Å². The molecule has 0 saturated carbocycles. The van der Waals surface area contributed by atoms with E-state index < -0.39 is 5.60 Å². The first kappa shape index (κ1) is 12.3. The Labute approximate surface area is 91.8 Å². The molecule has 1 amide bonds. The molecule has 0 aromatic rings. The van der Waals surface area contributed by atoms with Gasteiger partial charge >= 0.3 is 6.09 Å². The molecule has 0 aromatic carbocycles. The van der Waals surface area contributed by atoms with Gasteiger partial charge in [-0.2, -0.15) is 0 Å². The van der Waals surface area contributed by atoms with Gasteiger partial charge in [0.05, 0.1) is 6.17 Å². The highest BCUT2D eigenvalue weighted by Crippen LogP contribution is 2.09. The summed E-state index contributed by atoms with van der Waals surface area (Å²) in [6.45, 7) is 6.58. The summed E-state index contributed by atoms with van der Waals surface area (Å²) < 4.78 is 5.19. The lowest BCUT2D eigenvalue weighted by molar-refractivity contribution is 0.0493. The second-order valence-electron chi connectivity index (χ2n) is 5.00. The maximum atomic E-state index is 11.5. The van der Waals surface area contributed by atoms with Crippen LogP contribution >= 0.6 is 0 Å². The van der Waals surface area contributed by atoms with Gasteiger partial charge in [-0.05, 0) is 40.2 Å². The largest absolute Gasteiger partial charge is 0.444 e. The zero-order chi connectivity index (χ0) is 11.3. The fourth-order valence-corrected chi connectivity index (χ4v) is 1.60. The molecule has 0 aliphatic carbocycles. The van der Waals surface area contributed by atoms with Gasteiger partial charge in [-0.15, -0.1) is 0 Å². The third kappa shape index (κ3) is 5.62. The fraction of sp³-hybridized carbons (Fsp3) is 0.909. The third-order valence-corrected chi connectivity index (χ3v) is 2.25. The van der Waals surface area contributed by atoms with Crippen molar-refractivity contribution in [3.05, 3.63) is 0 Å². The second kappa shape index (κ2) is 5.35. The van der Waals surface area contributed by atoms with Gasteiger partial charge in [-0.3, -0.25) is 5.32 Å². The van der Waals surface area contributed by atoms with Crippen LogP contribution < -0.4 is 10.6 Å². The predicted molar refractivity (Wildman–Crippen MR) is 59.6 cm³/mol. The third-order valence-electron chi connectivity index (χ3n) is 2.25. The second-order valence-corrected chi connectivity index (χ2v) is 5.00. The highest BCUT2D eigenvalue weighted by Gasteiger charge is 2.19. The van der Waals surface area contributed by atoms with Crippen molar-refractivity contribution in [2.75, 3.05) is 6.54 Å². The minimum atomic E-state index is -0.422. The van der Waals surface area contributed by atoms with Gasteiger partial charge in [0.15, 0.2) is 0 Å². The minimum absolute atomic E-state index is 0.0716. The van der Waals surface area contributed by atoms with Crippen LogP contribution in [-0.4, -0.2) is 24.4 Å². The maximum Gasteiger partial charge on any atom is 0.408 e. The van der Waals surface area contributed by atoms with Crippen LogP contribution in [0.5, 0.6) is 0 Å². The monoisotopic (exact) mass is 214 g/mol. The van der Waals surface area contributed by atoms with Gasteiger partial charge in [-0.1, -0.05) is 12.8 Å². The molecule has 1 rings (SSSR count). The number of nitrogens with one attached hydrogen (secondary N) is 2. The molecule has 4 nitrogen and oxygen atoms in total. The van der Waals surface area contributed by atoms with E-state index in [1.165, 1.54) is 12.8 Å². The molecule has 1 unspecified atom stereocenters. The maximum absolute atomic E-state index is 11.5. The first-order valence-corrected chi connectivity index (χ1v) is 5.70. The molecule has 1 aliphatic heterocycles. The first-order chi connectivity index (χ1) is 6.97. The zero-order valence-electron chi connectivity index (χ0n) is 9.93. The zero-order valence-corrected chi connectivity index (χ0v) is 9.93. The Morgan fingerprint density at radius 2 is 2.07 bits per heavy atom. The SMILES string of the molecule is CC(C)(C)OC(=O)NC1CCCCCN1. The van der Waals surface area contributed by atoms with Gasteiger partial charge in [0.25, 0.3) is 0 Å². The summed E-state index contributed by atoms with van der Waals surface area (Å²) in [5.41, 5.74) is -0.422. The number of carbonyl (C=O) groups is 1. The van der Waals surface area contributed by atoms with Crippen molar-refractivity contribution in [3.8, 4) is 0 Å². The van der Waals surface area contributed by atoms with Crippen LogP contribution in [0.25, 0.3) is 0 Å². The fourth-order valence-electron chi connectivity index (χ4n) is 1.60. The summed E-state index contributed by atoms with van der Waals surface area (Å²) >= 11 is 0. The van der Waals surface area contributed by atoms with Crippen LogP contribution in [0.4, 0.5) is 4.79 Å². The van der Waals surface area contributed by atoms with E-state index in [4.69, 9.17) is 4.74 Å². The molecule has 2 N–H and O–H groups in total. The van der Waals surface area contributed by atoms with E-state index in [9.17, 15) is 4.79 Å². The van der Waals surface area contributed by atoms with E-state index in [-0.39, 0.29) is 12.3 Å². The molecule has 4 heteroatoms. The Bertz CT molecular complexity index is 203. The summed E-state index contributed by atoms with van der Waals surface area (Å²) in [7, 11) is 0. The van der Waals surface area contributed by atoms with Crippen LogP contribution in [0.3, 0.4) is 0 Å². The average molecular weight is 214 g/mol. The lowest BCUT2D eigenvalue weighted by Gasteiger charge is -2.23. The summed E-state index contributed by atoms with van der Waals surface area (Å²) in [6, 6.07) is 0. The van der Waals surface area contributed by atoms with E-state index in [0.717, 1.165) is 19.4 Å². The van der Waals surface area contributed by atoms with E-state index >= 15 is 0 Å². The Morgan fingerprint density at radius 1 is 1.33 bits per heavy atom. The number of rotatable bonds is 1. The average Bonchev–Trinajstić information content (AvgIpc) is 2.28. The number of ether oxygens (including phenoxy) is 1. The van der Waals surface area contributed by atoms with Gasteiger partial charge in [0, 0.05) is 0 Å². The van der Waals surface area contributed by atoms with Crippen LogP contribution in [0, 0.1) is 0 Å². The number of amides is 1.